The van der Waals surface area contributed by atoms with Crippen molar-refractivity contribution in [1.29, 1.82) is 0 Å². The molecule has 2 amide bonds. The number of anilines is 1. The second-order valence-electron chi connectivity index (χ2n) is 6.91. The minimum atomic E-state index is -4.40. The van der Waals surface area contributed by atoms with Crippen molar-refractivity contribution in [2.75, 3.05) is 44.6 Å². The highest BCUT2D eigenvalue weighted by molar-refractivity contribution is 5.89. The molecule has 150 valence electrons. The number of piperazine rings is 1. The van der Waals surface area contributed by atoms with Gasteiger partial charge >= 0.3 is 12.2 Å². The Morgan fingerprint density at radius 3 is 2.44 bits per heavy atom. The smallest absolute Gasteiger partial charge is 0.389 e. The third-order valence-corrected chi connectivity index (χ3v) is 4.96. The lowest BCUT2D eigenvalue weighted by Crippen LogP contribution is -2.52. The molecule has 2 heterocycles. The Morgan fingerprint density at radius 2 is 1.89 bits per heavy atom. The van der Waals surface area contributed by atoms with Crippen molar-refractivity contribution in [3.05, 3.63) is 29.8 Å². The van der Waals surface area contributed by atoms with Gasteiger partial charge in [-0.1, -0.05) is 0 Å². The number of rotatable bonds is 4. The quantitative estimate of drug-likeness (QED) is 0.833. The zero-order chi connectivity index (χ0) is 19.4. The molecule has 9 heteroatoms. The van der Waals surface area contributed by atoms with E-state index in [-0.39, 0.29) is 12.1 Å². The molecular formula is C18H24F3N3O3. The van der Waals surface area contributed by atoms with Gasteiger partial charge in [-0.05, 0) is 37.1 Å². The molecule has 3 rings (SSSR count). The van der Waals surface area contributed by atoms with Crippen LogP contribution in [0.15, 0.2) is 24.3 Å². The molecule has 2 fully saturated rings. The zero-order valence-corrected chi connectivity index (χ0v) is 14.9. The van der Waals surface area contributed by atoms with Crippen LogP contribution < -0.4 is 5.32 Å². The Bertz CT molecular complexity index is 625. The van der Waals surface area contributed by atoms with Gasteiger partial charge in [-0.3, -0.25) is 4.90 Å². The van der Waals surface area contributed by atoms with Crippen LogP contribution in [0.5, 0.6) is 0 Å². The van der Waals surface area contributed by atoms with Gasteiger partial charge in [0.25, 0.3) is 0 Å². The van der Waals surface area contributed by atoms with Crippen LogP contribution in [0, 0.1) is 0 Å². The highest BCUT2D eigenvalue weighted by Crippen LogP contribution is 2.29. The van der Waals surface area contributed by atoms with E-state index >= 15 is 0 Å². The van der Waals surface area contributed by atoms with Gasteiger partial charge in [-0.15, -0.1) is 0 Å². The summed E-state index contributed by atoms with van der Waals surface area (Å²) in [6.07, 6.45) is -3.19. The second-order valence-corrected chi connectivity index (χ2v) is 6.91. The molecule has 2 N–H and O–H groups in total. The summed E-state index contributed by atoms with van der Waals surface area (Å²) in [6, 6.07) is 4.04. The molecule has 0 aromatic heterocycles. The third-order valence-electron chi connectivity index (χ3n) is 4.96. The third kappa shape index (κ3) is 5.33. The van der Waals surface area contributed by atoms with Crippen LogP contribution in [0.1, 0.15) is 18.4 Å². The molecule has 0 bridgehead atoms. The maximum atomic E-state index is 12.6. The summed E-state index contributed by atoms with van der Waals surface area (Å²) >= 11 is 0. The van der Waals surface area contributed by atoms with E-state index in [4.69, 9.17) is 4.74 Å². The van der Waals surface area contributed by atoms with Gasteiger partial charge in [-0.25, -0.2) is 4.79 Å². The number of halogens is 3. The molecular weight excluding hydrogens is 363 g/mol. The Kier molecular flexibility index (Phi) is 6.23. The highest BCUT2D eigenvalue weighted by atomic mass is 19.4. The Labute approximate surface area is 155 Å². The number of benzene rings is 1. The second kappa shape index (κ2) is 8.45. The summed E-state index contributed by atoms with van der Waals surface area (Å²) in [5.41, 5.74) is -0.428. The maximum absolute atomic E-state index is 12.6. The molecule has 2 atom stereocenters. The lowest BCUT2D eigenvalue weighted by molar-refractivity contribution is -0.137. The molecule has 0 spiro atoms. The van der Waals surface area contributed by atoms with Gasteiger partial charge in [-0.2, -0.15) is 13.2 Å². The van der Waals surface area contributed by atoms with E-state index in [0.717, 1.165) is 25.0 Å². The van der Waals surface area contributed by atoms with E-state index in [1.54, 1.807) is 4.90 Å². The molecule has 0 radical (unpaired) electrons. The number of carbonyl (C=O) groups excluding carboxylic acids is 1. The number of aliphatic hydroxyl groups is 1. The first-order valence-electron chi connectivity index (χ1n) is 9.08. The fourth-order valence-corrected chi connectivity index (χ4v) is 3.37. The van der Waals surface area contributed by atoms with E-state index in [1.807, 2.05) is 0 Å². The van der Waals surface area contributed by atoms with Crippen LogP contribution >= 0.6 is 0 Å². The van der Waals surface area contributed by atoms with Gasteiger partial charge < -0.3 is 20.1 Å². The first-order valence-corrected chi connectivity index (χ1v) is 9.08. The zero-order valence-electron chi connectivity index (χ0n) is 14.9. The highest BCUT2D eigenvalue weighted by Gasteiger charge is 2.30. The van der Waals surface area contributed by atoms with Crippen molar-refractivity contribution >= 4 is 11.7 Å². The van der Waals surface area contributed by atoms with Crippen molar-refractivity contribution < 1.29 is 27.8 Å². The van der Waals surface area contributed by atoms with Crippen LogP contribution in [0.2, 0.25) is 0 Å². The van der Waals surface area contributed by atoms with Gasteiger partial charge in [0, 0.05) is 45.0 Å². The fourth-order valence-electron chi connectivity index (χ4n) is 3.37. The first-order chi connectivity index (χ1) is 12.8. The molecule has 0 unspecified atom stereocenters. The molecule has 2 aliphatic rings. The van der Waals surface area contributed by atoms with Gasteiger partial charge in [0.2, 0.25) is 0 Å². The summed E-state index contributed by atoms with van der Waals surface area (Å²) < 4.78 is 43.2. The number of ether oxygens (including phenoxy) is 1. The Balaban J connectivity index is 1.44. The van der Waals surface area contributed by atoms with E-state index in [2.05, 4.69) is 10.2 Å². The number of urea groups is 1. The minimum Gasteiger partial charge on any atom is -0.389 e. The Hall–Kier alpha value is -1.84. The summed E-state index contributed by atoms with van der Waals surface area (Å²) in [7, 11) is 0. The van der Waals surface area contributed by atoms with E-state index in [0.29, 0.717) is 45.0 Å². The molecule has 1 aromatic carbocycles. The number of aliphatic hydroxyl groups excluding tert-OH is 1. The van der Waals surface area contributed by atoms with Crippen LogP contribution in [-0.4, -0.2) is 72.5 Å². The summed E-state index contributed by atoms with van der Waals surface area (Å²) in [6.45, 7) is 3.45. The number of amides is 2. The topological polar surface area (TPSA) is 65.0 Å². The fraction of sp³-hybridized carbons (Fsp3) is 0.611. The standard InChI is InChI=1S/C18H24F3N3O3/c19-18(20,21)13-3-5-14(6-4-13)22-17(26)24-9-7-23(8-10-24)12-15(25)16-2-1-11-27-16/h3-6,15-16,25H,1-2,7-12H2,(H,22,26)/t15-,16+/m1/s1. The number of β-amino-alcohol motifs (C(OH)–C–C–N with tert-alkyl or cyclic N) is 1. The average molecular weight is 387 g/mol. The van der Waals surface area contributed by atoms with Crippen molar-refractivity contribution in [3.8, 4) is 0 Å². The predicted molar refractivity (Wildman–Crippen MR) is 93.5 cm³/mol. The first kappa shape index (κ1) is 19.9. The summed E-state index contributed by atoms with van der Waals surface area (Å²) in [5, 5.41) is 12.8. The Morgan fingerprint density at radius 1 is 1.22 bits per heavy atom. The van der Waals surface area contributed by atoms with Crippen molar-refractivity contribution in [1.82, 2.24) is 9.80 Å². The molecule has 1 aromatic rings. The van der Waals surface area contributed by atoms with Gasteiger partial charge in [0.1, 0.15) is 0 Å². The van der Waals surface area contributed by atoms with Gasteiger partial charge in [0.05, 0.1) is 17.8 Å². The summed E-state index contributed by atoms with van der Waals surface area (Å²) in [5.74, 6) is 0. The van der Waals surface area contributed by atoms with E-state index in [1.165, 1.54) is 12.1 Å². The van der Waals surface area contributed by atoms with Crippen LogP contribution in [0.4, 0.5) is 23.7 Å². The van der Waals surface area contributed by atoms with Crippen LogP contribution in [0.3, 0.4) is 0 Å². The molecule has 2 saturated heterocycles. The van der Waals surface area contributed by atoms with Crippen LogP contribution in [0.25, 0.3) is 0 Å². The van der Waals surface area contributed by atoms with Crippen molar-refractivity contribution in [2.45, 2.75) is 31.2 Å². The van der Waals surface area contributed by atoms with E-state index < -0.39 is 17.8 Å². The molecule has 27 heavy (non-hydrogen) atoms. The normalized spacial score (nSPS) is 22.7. The lowest BCUT2D eigenvalue weighted by atomic mass is 10.1. The number of alkyl halides is 3. The van der Waals surface area contributed by atoms with E-state index in [9.17, 15) is 23.1 Å². The number of nitrogens with zero attached hydrogens (tertiary/aromatic N) is 2. The minimum absolute atomic E-state index is 0.106. The average Bonchev–Trinajstić information content (AvgIpc) is 3.17. The SMILES string of the molecule is O=C(Nc1ccc(C(F)(F)F)cc1)N1CCN(C[C@@H](O)[C@@H]2CCCO2)CC1. The molecule has 2 aliphatic heterocycles. The monoisotopic (exact) mass is 387 g/mol. The lowest BCUT2D eigenvalue weighted by Gasteiger charge is -2.36. The number of hydrogen-bond donors (Lipinski definition) is 2. The number of nitrogens with one attached hydrogen (secondary N) is 1. The number of hydrogen-bond acceptors (Lipinski definition) is 4. The van der Waals surface area contributed by atoms with Crippen molar-refractivity contribution in [2.24, 2.45) is 0 Å². The summed E-state index contributed by atoms with van der Waals surface area (Å²) in [4.78, 5) is 16.0. The molecule has 0 saturated carbocycles. The predicted octanol–water partition coefficient (Wildman–Crippen LogP) is 2.39. The van der Waals surface area contributed by atoms with Crippen molar-refractivity contribution in [3.63, 3.8) is 0 Å². The molecule has 6 nitrogen and oxygen atoms in total. The van der Waals surface area contributed by atoms with Crippen LogP contribution in [-0.2, 0) is 10.9 Å². The maximum Gasteiger partial charge on any atom is 0.416 e. The largest absolute Gasteiger partial charge is 0.416 e. The van der Waals surface area contributed by atoms with Gasteiger partial charge in [0.15, 0.2) is 0 Å². The molecule has 0 aliphatic carbocycles. The number of carbonyl (C=O) groups is 1.